The number of amides is 1. The molecule has 0 aliphatic rings. The van der Waals surface area contributed by atoms with Gasteiger partial charge in [-0.15, -0.1) is 0 Å². The van der Waals surface area contributed by atoms with E-state index in [2.05, 4.69) is 20.3 Å². The quantitative estimate of drug-likeness (QED) is 0.647. The van der Waals surface area contributed by atoms with E-state index in [0.29, 0.717) is 29.1 Å². The van der Waals surface area contributed by atoms with Crippen LogP contribution in [0.3, 0.4) is 0 Å². The molecule has 0 saturated heterocycles. The molecule has 2 aromatic rings. The Morgan fingerprint density at radius 1 is 1.33 bits per heavy atom. The third-order valence-electron chi connectivity index (χ3n) is 4.10. The van der Waals surface area contributed by atoms with Crippen LogP contribution in [0.5, 0.6) is 0 Å². The van der Waals surface area contributed by atoms with Crippen LogP contribution in [0.2, 0.25) is 0 Å². The van der Waals surface area contributed by atoms with E-state index >= 15 is 0 Å². The molecule has 8 nitrogen and oxygen atoms in total. The zero-order valence-corrected chi connectivity index (χ0v) is 15.7. The van der Waals surface area contributed by atoms with Gasteiger partial charge in [-0.2, -0.15) is 0 Å². The largest absolute Gasteiger partial charge is 0.480 e. The lowest BCUT2D eigenvalue weighted by molar-refractivity contribution is -0.142. The van der Waals surface area contributed by atoms with Crippen molar-refractivity contribution in [2.45, 2.75) is 46.1 Å². The molecule has 0 radical (unpaired) electrons. The van der Waals surface area contributed by atoms with Gasteiger partial charge in [-0.3, -0.25) is 14.6 Å². The molecule has 1 atom stereocenters. The minimum atomic E-state index is -1.06. The summed E-state index contributed by atoms with van der Waals surface area (Å²) >= 11 is 0. The second-order valence-electron chi connectivity index (χ2n) is 6.81. The molecule has 0 unspecified atom stereocenters. The average molecular weight is 372 g/mol. The minimum Gasteiger partial charge on any atom is -0.480 e. The van der Waals surface area contributed by atoms with Crippen molar-refractivity contribution in [1.29, 1.82) is 0 Å². The fourth-order valence-corrected chi connectivity index (χ4v) is 2.74. The Morgan fingerprint density at radius 3 is 2.63 bits per heavy atom. The van der Waals surface area contributed by atoms with Crippen LogP contribution in [0.25, 0.3) is 11.4 Å². The van der Waals surface area contributed by atoms with Gasteiger partial charge in [-0.05, 0) is 37.8 Å². The normalized spacial score (nSPS) is 12.0. The second-order valence-corrected chi connectivity index (χ2v) is 6.81. The molecule has 144 valence electrons. The summed E-state index contributed by atoms with van der Waals surface area (Å²) in [5.41, 5.74) is 1.32. The zero-order chi connectivity index (χ0) is 20.0. The van der Waals surface area contributed by atoms with E-state index in [0.717, 1.165) is 0 Å². The van der Waals surface area contributed by atoms with E-state index in [1.54, 1.807) is 31.5 Å². The number of aryl methyl sites for hydroxylation is 1. The highest BCUT2D eigenvalue weighted by Crippen LogP contribution is 2.13. The Bertz CT molecular complexity index is 862. The van der Waals surface area contributed by atoms with E-state index in [4.69, 9.17) is 0 Å². The number of aromatic nitrogens is 3. The number of aromatic amines is 1. The van der Waals surface area contributed by atoms with E-state index in [1.165, 1.54) is 0 Å². The van der Waals surface area contributed by atoms with Crippen molar-refractivity contribution in [1.82, 2.24) is 20.3 Å². The van der Waals surface area contributed by atoms with Crippen LogP contribution in [0, 0.1) is 12.8 Å². The maximum absolute atomic E-state index is 12.4. The number of carbonyl (C=O) groups is 2. The first kappa shape index (κ1) is 20.3. The van der Waals surface area contributed by atoms with Gasteiger partial charge in [0.2, 0.25) is 5.91 Å². The summed E-state index contributed by atoms with van der Waals surface area (Å²) in [5, 5.41) is 11.7. The number of pyridine rings is 1. The zero-order valence-electron chi connectivity index (χ0n) is 15.7. The van der Waals surface area contributed by atoms with Crippen molar-refractivity contribution in [3.8, 4) is 11.4 Å². The molecular weight excluding hydrogens is 348 g/mol. The highest BCUT2D eigenvalue weighted by Gasteiger charge is 2.21. The van der Waals surface area contributed by atoms with Crippen molar-refractivity contribution >= 4 is 11.9 Å². The number of nitrogens with one attached hydrogen (secondary N) is 2. The molecule has 3 N–H and O–H groups in total. The van der Waals surface area contributed by atoms with Crippen LogP contribution in [0.4, 0.5) is 0 Å². The highest BCUT2D eigenvalue weighted by molar-refractivity contribution is 5.83. The number of hydrogen-bond acceptors (Lipinski definition) is 5. The molecule has 2 heterocycles. The fraction of sp³-hybridized carbons (Fsp3) is 0.421. The topological polar surface area (TPSA) is 125 Å². The number of rotatable bonds is 8. The molecule has 0 aliphatic heterocycles. The predicted molar refractivity (Wildman–Crippen MR) is 100 cm³/mol. The average Bonchev–Trinajstić information content (AvgIpc) is 2.60. The molecule has 0 fully saturated rings. The molecule has 0 spiro atoms. The molecule has 2 aromatic heterocycles. The summed E-state index contributed by atoms with van der Waals surface area (Å²) in [6.45, 7) is 5.49. The summed E-state index contributed by atoms with van der Waals surface area (Å²) in [4.78, 5) is 46.8. The SMILES string of the molecule is Cc1nc(-c2cccnc2)[nH]c(=O)c1CCC(=O)N[C@@H](CC(C)C)C(=O)O. The van der Waals surface area contributed by atoms with Crippen LogP contribution >= 0.6 is 0 Å². The first-order valence-corrected chi connectivity index (χ1v) is 8.80. The first-order valence-electron chi connectivity index (χ1n) is 8.80. The molecule has 2 rings (SSSR count). The Hall–Kier alpha value is -3.03. The van der Waals surface area contributed by atoms with Gasteiger partial charge in [0, 0.05) is 35.6 Å². The maximum atomic E-state index is 12.4. The standard InChI is InChI=1S/C19H24N4O4/c1-11(2)9-15(19(26)27)22-16(24)7-6-14-12(3)21-17(23-18(14)25)13-5-4-8-20-10-13/h4-5,8,10-11,15H,6-7,9H2,1-3H3,(H,22,24)(H,26,27)(H,21,23,25)/t15-/m0/s1. The lowest BCUT2D eigenvalue weighted by Crippen LogP contribution is -2.41. The summed E-state index contributed by atoms with van der Waals surface area (Å²) in [6, 6.07) is 2.61. The summed E-state index contributed by atoms with van der Waals surface area (Å²) in [6.07, 6.45) is 3.78. The number of H-pyrrole nitrogens is 1. The molecule has 1 amide bonds. The summed E-state index contributed by atoms with van der Waals surface area (Å²) in [7, 11) is 0. The van der Waals surface area contributed by atoms with E-state index in [1.807, 2.05) is 13.8 Å². The molecular formula is C19H24N4O4. The van der Waals surface area contributed by atoms with E-state index in [-0.39, 0.29) is 24.3 Å². The first-order chi connectivity index (χ1) is 12.8. The Kier molecular flexibility index (Phi) is 6.81. The molecule has 0 aliphatic carbocycles. The smallest absolute Gasteiger partial charge is 0.326 e. The summed E-state index contributed by atoms with van der Waals surface area (Å²) in [5.74, 6) is -0.908. The Morgan fingerprint density at radius 2 is 2.07 bits per heavy atom. The third-order valence-corrected chi connectivity index (χ3v) is 4.10. The summed E-state index contributed by atoms with van der Waals surface area (Å²) < 4.78 is 0. The molecule has 27 heavy (non-hydrogen) atoms. The van der Waals surface area contributed by atoms with E-state index in [9.17, 15) is 19.5 Å². The van der Waals surface area contributed by atoms with Crippen LogP contribution in [-0.4, -0.2) is 38.0 Å². The second kappa shape index (κ2) is 9.07. The minimum absolute atomic E-state index is 0.0136. The van der Waals surface area contributed by atoms with Crippen molar-refractivity contribution in [3.05, 3.63) is 46.1 Å². The molecule has 0 saturated carbocycles. The number of nitrogens with zero attached hydrogens (tertiary/aromatic N) is 2. The number of carbonyl (C=O) groups excluding carboxylic acids is 1. The van der Waals surface area contributed by atoms with Crippen molar-refractivity contribution in [3.63, 3.8) is 0 Å². The van der Waals surface area contributed by atoms with Crippen LogP contribution in [-0.2, 0) is 16.0 Å². The van der Waals surface area contributed by atoms with Gasteiger partial charge >= 0.3 is 5.97 Å². The highest BCUT2D eigenvalue weighted by atomic mass is 16.4. The Labute approximate surface area is 157 Å². The van der Waals surface area contributed by atoms with E-state index < -0.39 is 17.9 Å². The van der Waals surface area contributed by atoms with Gasteiger partial charge in [-0.25, -0.2) is 9.78 Å². The van der Waals surface area contributed by atoms with Gasteiger partial charge in [0.05, 0.1) is 0 Å². The number of aliphatic carboxylic acids is 1. The third kappa shape index (κ3) is 5.73. The number of carboxylic acid groups (broad SMARTS) is 1. The van der Waals surface area contributed by atoms with Gasteiger partial charge in [0.1, 0.15) is 11.9 Å². The van der Waals surface area contributed by atoms with Crippen LogP contribution in [0.15, 0.2) is 29.3 Å². The van der Waals surface area contributed by atoms with Crippen molar-refractivity contribution in [2.75, 3.05) is 0 Å². The number of hydrogen-bond donors (Lipinski definition) is 3. The van der Waals surface area contributed by atoms with Crippen LogP contribution < -0.4 is 10.9 Å². The van der Waals surface area contributed by atoms with Gasteiger partial charge < -0.3 is 15.4 Å². The Balaban J connectivity index is 2.06. The lowest BCUT2D eigenvalue weighted by atomic mass is 10.0. The monoisotopic (exact) mass is 372 g/mol. The van der Waals surface area contributed by atoms with Gasteiger partial charge in [0.15, 0.2) is 0 Å². The molecule has 0 aromatic carbocycles. The number of carboxylic acids is 1. The van der Waals surface area contributed by atoms with Crippen LogP contribution in [0.1, 0.15) is 37.9 Å². The fourth-order valence-electron chi connectivity index (χ4n) is 2.74. The van der Waals surface area contributed by atoms with Gasteiger partial charge in [0.25, 0.3) is 5.56 Å². The maximum Gasteiger partial charge on any atom is 0.326 e. The van der Waals surface area contributed by atoms with Gasteiger partial charge in [-0.1, -0.05) is 13.8 Å². The van der Waals surface area contributed by atoms with Crippen molar-refractivity contribution in [2.24, 2.45) is 5.92 Å². The molecule has 8 heteroatoms. The van der Waals surface area contributed by atoms with Crippen molar-refractivity contribution < 1.29 is 14.7 Å². The lowest BCUT2D eigenvalue weighted by Gasteiger charge is -2.16. The molecule has 0 bridgehead atoms. The predicted octanol–water partition coefficient (Wildman–Crippen LogP) is 1.69.